The van der Waals surface area contributed by atoms with E-state index < -0.39 is 0 Å². The number of carbonyl (C=O) groups is 1. The summed E-state index contributed by atoms with van der Waals surface area (Å²) in [5.74, 6) is 0.494. The second-order valence-corrected chi connectivity index (χ2v) is 12.8. The third-order valence-electron chi connectivity index (χ3n) is 8.70. The quantitative estimate of drug-likeness (QED) is 0.231. The molecule has 6 rings (SSSR count). The highest BCUT2D eigenvalue weighted by atomic mass is 32.1. The van der Waals surface area contributed by atoms with Crippen molar-refractivity contribution in [1.29, 1.82) is 0 Å². The van der Waals surface area contributed by atoms with Gasteiger partial charge in [-0.15, -0.1) is 11.3 Å². The number of rotatable bonds is 8. The van der Waals surface area contributed by atoms with Crippen molar-refractivity contribution in [2.24, 2.45) is 7.05 Å². The number of halogens is 1. The Morgan fingerprint density at radius 3 is 2.61 bits per heavy atom. The molecular weight excluding hydrogens is 575 g/mol. The van der Waals surface area contributed by atoms with E-state index in [4.69, 9.17) is 0 Å². The van der Waals surface area contributed by atoms with Crippen molar-refractivity contribution in [3.05, 3.63) is 86.1 Å². The van der Waals surface area contributed by atoms with Crippen molar-refractivity contribution in [2.45, 2.75) is 39.0 Å². The molecular formula is C34H39FN6O2S. The summed E-state index contributed by atoms with van der Waals surface area (Å²) >= 11 is 1.62. The predicted octanol–water partition coefficient (Wildman–Crippen LogP) is 6.17. The van der Waals surface area contributed by atoms with Crippen molar-refractivity contribution in [3.63, 3.8) is 0 Å². The van der Waals surface area contributed by atoms with Crippen molar-refractivity contribution in [3.8, 4) is 11.1 Å². The van der Waals surface area contributed by atoms with Gasteiger partial charge in [-0.3, -0.25) is 14.5 Å². The summed E-state index contributed by atoms with van der Waals surface area (Å²) in [6.45, 7) is 5.46. The molecule has 1 aromatic carbocycles. The highest BCUT2D eigenvalue weighted by Crippen LogP contribution is 2.32. The largest absolute Gasteiger partial charge is 0.368 e. The van der Waals surface area contributed by atoms with Gasteiger partial charge in [0, 0.05) is 62.1 Å². The van der Waals surface area contributed by atoms with Gasteiger partial charge >= 0.3 is 0 Å². The first-order valence-electron chi connectivity index (χ1n) is 15.4. The number of carbonyl (C=O) groups excluding carboxylic acids is 1. The van der Waals surface area contributed by atoms with E-state index in [0.717, 1.165) is 72.0 Å². The van der Waals surface area contributed by atoms with Gasteiger partial charge in [0.05, 0.1) is 16.8 Å². The standard InChI is InChI=1S/C34H39FN6O2S/c1-23-27(8-6-9-28(23)38-33(42)31-20-24-7-4-3-5-10-30(24)44-31)25-19-29(34(43)39(2)22-25)37-32-12-11-26(21-36-32)41-17-15-40(14-13-35)16-18-41/h6,8-9,11-12,19-22H,3-5,7,10,13-18H2,1-2H3,(H,36,37)(H,38,42). The van der Waals surface area contributed by atoms with Gasteiger partial charge in [0.1, 0.15) is 18.2 Å². The average molecular weight is 615 g/mol. The summed E-state index contributed by atoms with van der Waals surface area (Å²) < 4.78 is 14.2. The van der Waals surface area contributed by atoms with E-state index >= 15 is 0 Å². The Morgan fingerprint density at radius 2 is 1.84 bits per heavy atom. The lowest BCUT2D eigenvalue weighted by molar-refractivity contribution is 0.103. The number of hydrogen-bond donors (Lipinski definition) is 2. The molecule has 3 aromatic heterocycles. The minimum absolute atomic E-state index is 0.0812. The summed E-state index contributed by atoms with van der Waals surface area (Å²) in [4.78, 5) is 37.4. The van der Waals surface area contributed by atoms with Crippen LogP contribution in [-0.4, -0.2) is 59.8 Å². The molecule has 2 aliphatic rings. The third-order valence-corrected chi connectivity index (χ3v) is 9.93. The molecule has 2 N–H and O–H groups in total. The zero-order valence-electron chi connectivity index (χ0n) is 25.4. The number of amides is 1. The molecule has 0 unspecified atom stereocenters. The van der Waals surface area contributed by atoms with Crippen molar-refractivity contribution >= 4 is 40.1 Å². The monoisotopic (exact) mass is 614 g/mol. The smallest absolute Gasteiger partial charge is 0.274 e. The summed E-state index contributed by atoms with van der Waals surface area (Å²) in [6, 6.07) is 13.6. The zero-order chi connectivity index (χ0) is 30.6. The van der Waals surface area contributed by atoms with Crippen molar-refractivity contribution in [2.75, 3.05) is 54.9 Å². The summed E-state index contributed by atoms with van der Waals surface area (Å²) in [5.41, 5.74) is 6.05. The second-order valence-electron chi connectivity index (χ2n) is 11.7. The number of pyridine rings is 2. The van der Waals surface area contributed by atoms with Gasteiger partial charge in [0.2, 0.25) is 0 Å². The first-order valence-corrected chi connectivity index (χ1v) is 16.2. The molecule has 1 aliphatic heterocycles. The highest BCUT2D eigenvalue weighted by molar-refractivity contribution is 7.14. The molecule has 44 heavy (non-hydrogen) atoms. The van der Waals surface area contributed by atoms with Crippen LogP contribution in [0.4, 0.5) is 27.3 Å². The van der Waals surface area contributed by atoms with Gasteiger partial charge in [-0.25, -0.2) is 9.37 Å². The lowest BCUT2D eigenvalue weighted by atomic mass is 10.00. The number of fused-ring (bicyclic) bond motifs is 1. The van der Waals surface area contributed by atoms with Crippen LogP contribution in [-0.2, 0) is 19.9 Å². The molecule has 4 heterocycles. The Balaban J connectivity index is 1.18. The van der Waals surface area contributed by atoms with Crippen molar-refractivity contribution in [1.82, 2.24) is 14.5 Å². The van der Waals surface area contributed by atoms with Crippen LogP contribution in [0.15, 0.2) is 59.7 Å². The zero-order valence-corrected chi connectivity index (χ0v) is 26.2. The maximum Gasteiger partial charge on any atom is 0.274 e. The van der Waals surface area contributed by atoms with Crippen LogP contribution in [0.25, 0.3) is 11.1 Å². The average Bonchev–Trinajstić information content (AvgIpc) is 3.31. The Hall–Kier alpha value is -4.02. The molecule has 230 valence electrons. The number of hydrogen-bond acceptors (Lipinski definition) is 7. The molecule has 4 aromatic rings. The fourth-order valence-corrected chi connectivity index (χ4v) is 7.28. The maximum atomic E-state index is 13.3. The lowest BCUT2D eigenvalue weighted by Crippen LogP contribution is -2.47. The van der Waals surface area contributed by atoms with Crippen LogP contribution in [0.3, 0.4) is 0 Å². The second kappa shape index (κ2) is 13.3. The van der Waals surface area contributed by atoms with Gasteiger partial charge in [-0.2, -0.15) is 0 Å². The van der Waals surface area contributed by atoms with Crippen LogP contribution in [0.1, 0.15) is 44.9 Å². The number of alkyl halides is 1. The SMILES string of the molecule is Cc1c(NC(=O)c2cc3c(s2)CCCCC3)cccc1-c1cc(Nc2ccc(N3CCN(CCF)CC3)cn2)c(=O)n(C)c1. The molecule has 1 aliphatic carbocycles. The van der Waals surface area contributed by atoms with Crippen LogP contribution in [0, 0.1) is 6.92 Å². The van der Waals surface area contributed by atoms with Gasteiger partial charge in [-0.1, -0.05) is 18.6 Å². The Morgan fingerprint density at radius 1 is 1.02 bits per heavy atom. The van der Waals surface area contributed by atoms with Crippen molar-refractivity contribution < 1.29 is 9.18 Å². The van der Waals surface area contributed by atoms with Gasteiger partial charge in [-0.05, 0) is 79.6 Å². The molecule has 0 saturated carbocycles. The number of benzene rings is 1. The molecule has 1 saturated heterocycles. The molecule has 0 spiro atoms. The summed E-state index contributed by atoms with van der Waals surface area (Å²) in [6.07, 6.45) is 9.36. The number of thiophene rings is 1. The number of nitrogens with one attached hydrogen (secondary N) is 2. The van der Waals surface area contributed by atoms with E-state index in [-0.39, 0.29) is 18.1 Å². The number of aryl methyl sites for hydroxylation is 3. The molecule has 0 atom stereocenters. The van der Waals surface area contributed by atoms with Gasteiger partial charge < -0.3 is 20.1 Å². The van der Waals surface area contributed by atoms with Crippen LogP contribution in [0.5, 0.6) is 0 Å². The molecule has 10 heteroatoms. The first-order chi connectivity index (χ1) is 21.4. The topological polar surface area (TPSA) is 82.5 Å². The van der Waals surface area contributed by atoms with E-state index in [1.807, 2.05) is 55.7 Å². The number of nitrogens with zero attached hydrogens (tertiary/aromatic N) is 4. The Labute approximate surface area is 261 Å². The maximum absolute atomic E-state index is 13.3. The molecule has 0 bridgehead atoms. The van der Waals surface area contributed by atoms with Gasteiger partial charge in [0.15, 0.2) is 0 Å². The van der Waals surface area contributed by atoms with E-state index in [1.54, 1.807) is 23.0 Å². The summed E-state index contributed by atoms with van der Waals surface area (Å²) in [5, 5.41) is 6.35. The van der Waals surface area contributed by atoms with Crippen LogP contribution >= 0.6 is 11.3 Å². The fraction of sp³-hybridized carbons (Fsp3) is 0.382. The van der Waals surface area contributed by atoms with E-state index in [0.29, 0.717) is 18.1 Å². The number of aromatic nitrogens is 2. The Kier molecular flexibility index (Phi) is 9.09. The normalized spacial score (nSPS) is 15.5. The van der Waals surface area contributed by atoms with Gasteiger partial charge in [0.25, 0.3) is 11.5 Å². The summed E-state index contributed by atoms with van der Waals surface area (Å²) in [7, 11) is 1.73. The number of piperazine rings is 1. The highest BCUT2D eigenvalue weighted by Gasteiger charge is 2.19. The van der Waals surface area contributed by atoms with E-state index in [1.165, 1.54) is 29.7 Å². The minimum Gasteiger partial charge on any atom is -0.368 e. The molecule has 8 nitrogen and oxygen atoms in total. The molecule has 0 radical (unpaired) electrons. The third kappa shape index (κ3) is 6.56. The Bertz CT molecular complexity index is 1670. The molecule has 1 amide bonds. The van der Waals surface area contributed by atoms with Crippen LogP contribution < -0.4 is 21.1 Å². The van der Waals surface area contributed by atoms with E-state index in [9.17, 15) is 14.0 Å². The first kappa shape index (κ1) is 30.0. The predicted molar refractivity (Wildman–Crippen MR) is 178 cm³/mol. The fourth-order valence-electron chi connectivity index (χ4n) is 6.13. The molecule has 1 fully saturated rings. The minimum atomic E-state index is -0.318. The van der Waals surface area contributed by atoms with Crippen LogP contribution in [0.2, 0.25) is 0 Å². The van der Waals surface area contributed by atoms with E-state index in [2.05, 4.69) is 31.5 Å². The lowest BCUT2D eigenvalue weighted by Gasteiger charge is -2.35. The number of anilines is 4.